The third kappa shape index (κ3) is 4.61. The van der Waals surface area contributed by atoms with Crippen molar-refractivity contribution >= 4 is 34.0 Å². The van der Waals surface area contributed by atoms with Gasteiger partial charge in [0.25, 0.3) is 5.91 Å². The number of rotatable bonds is 6. The van der Waals surface area contributed by atoms with Crippen molar-refractivity contribution in [2.24, 2.45) is 0 Å². The Labute approximate surface area is 166 Å². The standard InChI is InChI=1S/C19H19ClN4O2S/c1-4-26-15-10-9-14(20)16(21-15)17(25)22-19-24-23-18(27-19)13-7-5-12(6-8-13)11(2)3/h5-11H,4H2,1-3H3,(H,22,24,25). The molecule has 6 nitrogen and oxygen atoms in total. The van der Waals surface area contributed by atoms with E-state index in [0.717, 1.165) is 10.6 Å². The van der Waals surface area contributed by atoms with Crippen molar-refractivity contribution in [3.05, 3.63) is 52.7 Å². The average Bonchev–Trinajstić information content (AvgIpc) is 3.12. The van der Waals surface area contributed by atoms with Gasteiger partial charge in [-0.25, -0.2) is 4.98 Å². The quantitative estimate of drug-likeness (QED) is 0.625. The summed E-state index contributed by atoms with van der Waals surface area (Å²) in [6, 6.07) is 11.4. The molecule has 0 saturated heterocycles. The van der Waals surface area contributed by atoms with Crippen LogP contribution in [0.15, 0.2) is 36.4 Å². The summed E-state index contributed by atoms with van der Waals surface area (Å²) in [7, 11) is 0. The van der Waals surface area contributed by atoms with E-state index in [1.54, 1.807) is 12.1 Å². The zero-order chi connectivity index (χ0) is 19.4. The van der Waals surface area contributed by atoms with Gasteiger partial charge in [-0.3, -0.25) is 10.1 Å². The molecule has 8 heteroatoms. The van der Waals surface area contributed by atoms with E-state index in [9.17, 15) is 4.79 Å². The van der Waals surface area contributed by atoms with Gasteiger partial charge in [0.15, 0.2) is 5.69 Å². The zero-order valence-corrected chi connectivity index (χ0v) is 16.8. The number of carbonyl (C=O) groups excluding carboxylic acids is 1. The van der Waals surface area contributed by atoms with Crippen molar-refractivity contribution < 1.29 is 9.53 Å². The Bertz CT molecular complexity index is 941. The molecule has 0 aliphatic carbocycles. The highest BCUT2D eigenvalue weighted by molar-refractivity contribution is 7.18. The number of amides is 1. The molecule has 1 amide bonds. The first kappa shape index (κ1) is 19.3. The molecule has 0 fully saturated rings. The summed E-state index contributed by atoms with van der Waals surface area (Å²) in [6.45, 7) is 6.58. The predicted octanol–water partition coefficient (Wildman–Crippen LogP) is 5.03. The fraction of sp³-hybridized carbons (Fsp3) is 0.263. The summed E-state index contributed by atoms with van der Waals surface area (Å²) in [5, 5.41) is 12.2. The minimum Gasteiger partial charge on any atom is -0.478 e. The van der Waals surface area contributed by atoms with Gasteiger partial charge in [0.1, 0.15) is 5.01 Å². The Morgan fingerprint density at radius 2 is 1.93 bits per heavy atom. The molecule has 0 bridgehead atoms. The molecule has 3 rings (SSSR count). The van der Waals surface area contributed by atoms with Crippen molar-refractivity contribution in [3.63, 3.8) is 0 Å². The summed E-state index contributed by atoms with van der Waals surface area (Å²) < 4.78 is 5.32. The van der Waals surface area contributed by atoms with Crippen LogP contribution >= 0.6 is 22.9 Å². The number of nitrogens with zero attached hydrogens (tertiary/aromatic N) is 3. The van der Waals surface area contributed by atoms with Gasteiger partial charge < -0.3 is 4.74 Å². The Hall–Kier alpha value is -2.51. The lowest BCUT2D eigenvalue weighted by atomic mass is 10.0. The van der Waals surface area contributed by atoms with Gasteiger partial charge >= 0.3 is 0 Å². The van der Waals surface area contributed by atoms with Crippen LogP contribution in [0.1, 0.15) is 42.7 Å². The fourth-order valence-corrected chi connectivity index (χ4v) is 3.30. The molecule has 2 heterocycles. The number of hydrogen-bond acceptors (Lipinski definition) is 6. The van der Waals surface area contributed by atoms with Crippen LogP contribution in [0.4, 0.5) is 5.13 Å². The second-order valence-electron chi connectivity index (χ2n) is 6.06. The Morgan fingerprint density at radius 1 is 1.19 bits per heavy atom. The van der Waals surface area contributed by atoms with Crippen LogP contribution in [0, 0.1) is 0 Å². The van der Waals surface area contributed by atoms with Gasteiger partial charge in [-0.1, -0.05) is 61.1 Å². The maximum atomic E-state index is 12.5. The number of halogens is 1. The number of nitrogens with one attached hydrogen (secondary N) is 1. The molecule has 27 heavy (non-hydrogen) atoms. The molecule has 0 unspecified atom stereocenters. The largest absolute Gasteiger partial charge is 0.478 e. The van der Waals surface area contributed by atoms with Gasteiger partial charge in [0.2, 0.25) is 11.0 Å². The average molecular weight is 403 g/mol. The summed E-state index contributed by atoms with van der Waals surface area (Å²) in [6.07, 6.45) is 0. The smallest absolute Gasteiger partial charge is 0.277 e. The van der Waals surface area contributed by atoms with Crippen molar-refractivity contribution in [2.45, 2.75) is 26.7 Å². The van der Waals surface area contributed by atoms with Crippen LogP contribution < -0.4 is 10.1 Å². The van der Waals surface area contributed by atoms with Crippen LogP contribution in [0.5, 0.6) is 5.88 Å². The first-order valence-corrected chi connectivity index (χ1v) is 9.72. The molecular weight excluding hydrogens is 384 g/mol. The van der Waals surface area contributed by atoms with Crippen LogP contribution in [-0.4, -0.2) is 27.7 Å². The van der Waals surface area contributed by atoms with Crippen molar-refractivity contribution in [2.75, 3.05) is 11.9 Å². The molecule has 0 spiro atoms. The van der Waals surface area contributed by atoms with Crippen LogP contribution in [0.2, 0.25) is 5.02 Å². The van der Waals surface area contributed by atoms with Crippen molar-refractivity contribution in [3.8, 4) is 16.5 Å². The number of hydrogen-bond donors (Lipinski definition) is 1. The summed E-state index contributed by atoms with van der Waals surface area (Å²) in [5.74, 6) is 0.350. The maximum absolute atomic E-state index is 12.5. The van der Waals surface area contributed by atoms with Gasteiger partial charge in [0.05, 0.1) is 11.6 Å². The third-order valence-corrected chi connectivity index (χ3v) is 4.99. The Morgan fingerprint density at radius 3 is 2.59 bits per heavy atom. The highest BCUT2D eigenvalue weighted by atomic mass is 35.5. The Kier molecular flexibility index (Phi) is 6.03. The van der Waals surface area contributed by atoms with E-state index in [2.05, 4.69) is 46.5 Å². The van der Waals surface area contributed by atoms with Crippen molar-refractivity contribution in [1.29, 1.82) is 0 Å². The van der Waals surface area contributed by atoms with E-state index in [4.69, 9.17) is 16.3 Å². The molecule has 0 aliphatic rings. The van der Waals surface area contributed by atoms with Gasteiger partial charge in [-0.2, -0.15) is 0 Å². The second kappa shape index (κ2) is 8.45. The molecule has 2 aromatic heterocycles. The first-order chi connectivity index (χ1) is 13.0. The molecule has 3 aromatic rings. The highest BCUT2D eigenvalue weighted by Crippen LogP contribution is 2.28. The van der Waals surface area contributed by atoms with E-state index in [1.807, 2.05) is 19.1 Å². The topological polar surface area (TPSA) is 77.0 Å². The summed E-state index contributed by atoms with van der Waals surface area (Å²) in [4.78, 5) is 16.6. The van der Waals surface area contributed by atoms with E-state index in [0.29, 0.717) is 23.5 Å². The normalized spacial score (nSPS) is 10.9. The molecule has 1 N–H and O–H groups in total. The van der Waals surface area contributed by atoms with Crippen LogP contribution in [-0.2, 0) is 0 Å². The lowest BCUT2D eigenvalue weighted by molar-refractivity contribution is 0.102. The molecule has 0 aliphatic heterocycles. The van der Waals surface area contributed by atoms with Crippen LogP contribution in [0.3, 0.4) is 0 Å². The minimum atomic E-state index is -0.459. The predicted molar refractivity (Wildman–Crippen MR) is 108 cm³/mol. The first-order valence-electron chi connectivity index (χ1n) is 8.52. The minimum absolute atomic E-state index is 0.0839. The number of benzene rings is 1. The van der Waals surface area contributed by atoms with Gasteiger partial charge in [0, 0.05) is 11.6 Å². The molecule has 0 saturated carbocycles. The van der Waals surface area contributed by atoms with Gasteiger partial charge in [-0.05, 0) is 24.5 Å². The number of carbonyl (C=O) groups is 1. The number of anilines is 1. The van der Waals surface area contributed by atoms with E-state index in [1.165, 1.54) is 16.9 Å². The summed E-state index contributed by atoms with van der Waals surface area (Å²) in [5.41, 5.74) is 2.29. The molecule has 0 atom stereocenters. The number of ether oxygens (including phenoxy) is 1. The van der Waals surface area contributed by atoms with Crippen LogP contribution in [0.25, 0.3) is 10.6 Å². The van der Waals surface area contributed by atoms with E-state index >= 15 is 0 Å². The molecule has 0 radical (unpaired) electrons. The Balaban J connectivity index is 1.75. The van der Waals surface area contributed by atoms with E-state index in [-0.39, 0.29) is 10.7 Å². The molecule has 140 valence electrons. The maximum Gasteiger partial charge on any atom is 0.277 e. The fourth-order valence-electron chi connectivity index (χ4n) is 2.37. The lowest BCUT2D eigenvalue weighted by Crippen LogP contribution is -2.14. The van der Waals surface area contributed by atoms with Gasteiger partial charge in [-0.15, -0.1) is 10.2 Å². The lowest BCUT2D eigenvalue weighted by Gasteiger charge is -2.06. The monoisotopic (exact) mass is 402 g/mol. The highest BCUT2D eigenvalue weighted by Gasteiger charge is 2.16. The number of aromatic nitrogens is 3. The zero-order valence-electron chi connectivity index (χ0n) is 15.2. The molecule has 1 aromatic carbocycles. The SMILES string of the molecule is CCOc1ccc(Cl)c(C(=O)Nc2nnc(-c3ccc(C(C)C)cc3)s2)n1. The molecular formula is C19H19ClN4O2S. The van der Waals surface area contributed by atoms with Crippen molar-refractivity contribution in [1.82, 2.24) is 15.2 Å². The van der Waals surface area contributed by atoms with E-state index < -0.39 is 5.91 Å². The summed E-state index contributed by atoms with van der Waals surface area (Å²) >= 11 is 7.37. The second-order valence-corrected chi connectivity index (χ2v) is 7.44. The number of pyridine rings is 1. The third-order valence-electron chi connectivity index (χ3n) is 3.80.